The van der Waals surface area contributed by atoms with Crippen LogP contribution >= 0.6 is 0 Å². The Morgan fingerprint density at radius 2 is 1.80 bits per heavy atom. The molecule has 2 aliphatic rings. The minimum absolute atomic E-state index is 0.180. The van der Waals surface area contributed by atoms with Gasteiger partial charge in [-0.1, -0.05) is 6.07 Å². The molecule has 30 heavy (non-hydrogen) atoms. The molecule has 0 N–H and O–H groups in total. The van der Waals surface area contributed by atoms with Crippen molar-refractivity contribution in [3.63, 3.8) is 0 Å². The van der Waals surface area contributed by atoms with Gasteiger partial charge in [0.1, 0.15) is 5.82 Å². The van der Waals surface area contributed by atoms with Crippen LogP contribution in [-0.2, 0) is 23.4 Å². The standard InChI is InChI=1S/C23H26N6O/c1-18-13-21-28(17-19-4-9-24-10-5-19)22(30)14-23(29(21)26-18)6-11-27(12-7-23)16-20-3-2-8-25-15-20/h2-5,8-10,13,15H,6-7,11-12,14,16-17H2,1H3. The highest BCUT2D eigenvalue weighted by Gasteiger charge is 2.46. The molecule has 0 saturated carbocycles. The smallest absolute Gasteiger partial charge is 0.230 e. The van der Waals surface area contributed by atoms with E-state index in [1.165, 1.54) is 5.56 Å². The van der Waals surface area contributed by atoms with Crippen LogP contribution in [0.2, 0.25) is 0 Å². The summed E-state index contributed by atoms with van der Waals surface area (Å²) in [4.78, 5) is 25.9. The molecule has 5 heterocycles. The monoisotopic (exact) mass is 402 g/mol. The van der Waals surface area contributed by atoms with E-state index in [0.717, 1.165) is 49.6 Å². The largest absolute Gasteiger partial charge is 0.299 e. The fourth-order valence-electron chi connectivity index (χ4n) is 4.71. The lowest BCUT2D eigenvalue weighted by molar-refractivity contribution is -0.123. The van der Waals surface area contributed by atoms with Gasteiger partial charge < -0.3 is 0 Å². The number of hydrogen-bond acceptors (Lipinski definition) is 5. The molecule has 0 atom stereocenters. The van der Waals surface area contributed by atoms with Crippen LogP contribution < -0.4 is 4.90 Å². The Hall–Kier alpha value is -3.06. The van der Waals surface area contributed by atoms with Gasteiger partial charge in [0.15, 0.2) is 0 Å². The Balaban J connectivity index is 1.37. The first-order valence-corrected chi connectivity index (χ1v) is 10.5. The molecular weight excluding hydrogens is 376 g/mol. The van der Waals surface area contributed by atoms with E-state index in [4.69, 9.17) is 5.10 Å². The van der Waals surface area contributed by atoms with E-state index in [2.05, 4.69) is 25.6 Å². The lowest BCUT2D eigenvalue weighted by Gasteiger charge is -2.46. The van der Waals surface area contributed by atoms with Crippen molar-refractivity contribution in [1.29, 1.82) is 0 Å². The maximum absolute atomic E-state index is 13.3. The summed E-state index contributed by atoms with van der Waals surface area (Å²) in [7, 11) is 0. The third kappa shape index (κ3) is 3.50. The molecule has 0 bridgehead atoms. The van der Waals surface area contributed by atoms with Gasteiger partial charge in [0.25, 0.3) is 0 Å². The van der Waals surface area contributed by atoms with Crippen molar-refractivity contribution in [3.05, 3.63) is 71.9 Å². The van der Waals surface area contributed by atoms with Gasteiger partial charge in [0.2, 0.25) is 5.91 Å². The predicted molar refractivity (Wildman–Crippen MR) is 114 cm³/mol. The second-order valence-corrected chi connectivity index (χ2v) is 8.43. The highest BCUT2D eigenvalue weighted by Crippen LogP contribution is 2.42. The van der Waals surface area contributed by atoms with Crippen LogP contribution in [0, 0.1) is 6.92 Å². The third-order valence-corrected chi connectivity index (χ3v) is 6.33. The maximum Gasteiger partial charge on any atom is 0.230 e. The summed E-state index contributed by atoms with van der Waals surface area (Å²) in [6.45, 7) is 5.36. The molecule has 3 aromatic rings. The van der Waals surface area contributed by atoms with Gasteiger partial charge in [0, 0.05) is 50.5 Å². The molecule has 154 valence electrons. The second-order valence-electron chi connectivity index (χ2n) is 8.43. The predicted octanol–water partition coefficient (Wildman–Crippen LogP) is 2.91. The minimum Gasteiger partial charge on any atom is -0.299 e. The van der Waals surface area contributed by atoms with Crippen LogP contribution in [0.25, 0.3) is 0 Å². The first kappa shape index (κ1) is 18.9. The zero-order valence-electron chi connectivity index (χ0n) is 17.2. The lowest BCUT2D eigenvalue weighted by atomic mass is 9.82. The van der Waals surface area contributed by atoms with Crippen molar-refractivity contribution in [2.24, 2.45) is 0 Å². The Morgan fingerprint density at radius 1 is 1.00 bits per heavy atom. The lowest BCUT2D eigenvalue weighted by Crippen LogP contribution is -2.53. The van der Waals surface area contributed by atoms with Crippen molar-refractivity contribution in [2.45, 2.75) is 44.8 Å². The van der Waals surface area contributed by atoms with E-state index in [1.54, 1.807) is 12.4 Å². The molecule has 5 rings (SSSR count). The van der Waals surface area contributed by atoms with E-state index in [0.29, 0.717) is 13.0 Å². The molecular formula is C23H26N6O. The average Bonchev–Trinajstić information content (AvgIpc) is 3.17. The second kappa shape index (κ2) is 7.65. The van der Waals surface area contributed by atoms with Crippen LogP contribution in [0.4, 0.5) is 5.82 Å². The third-order valence-electron chi connectivity index (χ3n) is 6.33. The molecule has 1 amide bonds. The number of fused-ring (bicyclic) bond motifs is 2. The van der Waals surface area contributed by atoms with E-state index in [-0.39, 0.29) is 11.4 Å². The van der Waals surface area contributed by atoms with Gasteiger partial charge in [-0.25, -0.2) is 4.68 Å². The average molecular weight is 403 g/mol. The number of piperidine rings is 1. The molecule has 1 saturated heterocycles. The van der Waals surface area contributed by atoms with Crippen molar-refractivity contribution in [3.8, 4) is 0 Å². The Morgan fingerprint density at radius 3 is 2.53 bits per heavy atom. The summed E-state index contributed by atoms with van der Waals surface area (Å²) in [5.74, 6) is 1.10. The fraction of sp³-hybridized carbons (Fsp3) is 0.391. The Kier molecular flexibility index (Phi) is 4.83. The highest BCUT2D eigenvalue weighted by atomic mass is 16.2. The topological polar surface area (TPSA) is 67.2 Å². The summed E-state index contributed by atoms with van der Waals surface area (Å²) in [6, 6.07) is 10.1. The zero-order valence-corrected chi connectivity index (χ0v) is 17.2. The maximum atomic E-state index is 13.3. The number of anilines is 1. The summed E-state index contributed by atoms with van der Waals surface area (Å²) in [6.07, 6.45) is 9.64. The van der Waals surface area contributed by atoms with Crippen LogP contribution in [-0.4, -0.2) is 43.6 Å². The van der Waals surface area contributed by atoms with E-state index < -0.39 is 0 Å². The number of rotatable bonds is 4. The van der Waals surface area contributed by atoms with E-state index >= 15 is 0 Å². The number of amides is 1. The SMILES string of the molecule is Cc1cc2n(n1)C1(CCN(Cc3cccnc3)CC1)CC(=O)N2Cc1ccncc1. The van der Waals surface area contributed by atoms with Crippen LogP contribution in [0.15, 0.2) is 55.1 Å². The number of aromatic nitrogens is 4. The summed E-state index contributed by atoms with van der Waals surface area (Å²) < 4.78 is 2.15. The zero-order chi connectivity index (χ0) is 20.6. The summed E-state index contributed by atoms with van der Waals surface area (Å²) in [5, 5.41) is 4.85. The highest BCUT2D eigenvalue weighted by molar-refractivity contribution is 5.94. The quantitative estimate of drug-likeness (QED) is 0.671. The summed E-state index contributed by atoms with van der Waals surface area (Å²) in [5.41, 5.74) is 3.04. The number of likely N-dealkylation sites (tertiary alicyclic amines) is 1. The fourth-order valence-corrected chi connectivity index (χ4v) is 4.71. The Labute approximate surface area is 176 Å². The number of carbonyl (C=O) groups is 1. The van der Waals surface area contributed by atoms with Gasteiger partial charge in [-0.3, -0.25) is 24.6 Å². The van der Waals surface area contributed by atoms with E-state index in [9.17, 15) is 4.79 Å². The number of carbonyl (C=O) groups excluding carboxylic acids is 1. The first-order chi connectivity index (χ1) is 14.6. The van der Waals surface area contributed by atoms with Gasteiger partial charge in [-0.05, 0) is 49.1 Å². The molecule has 3 aromatic heterocycles. The Bertz CT molecular complexity index is 1020. The molecule has 7 nitrogen and oxygen atoms in total. The number of nitrogens with zero attached hydrogens (tertiary/aromatic N) is 6. The van der Waals surface area contributed by atoms with Crippen molar-refractivity contribution in [1.82, 2.24) is 24.6 Å². The first-order valence-electron chi connectivity index (χ1n) is 10.5. The van der Waals surface area contributed by atoms with Crippen molar-refractivity contribution in [2.75, 3.05) is 18.0 Å². The molecule has 0 aromatic carbocycles. The van der Waals surface area contributed by atoms with Crippen LogP contribution in [0.5, 0.6) is 0 Å². The van der Waals surface area contributed by atoms with Gasteiger partial charge >= 0.3 is 0 Å². The van der Waals surface area contributed by atoms with Crippen LogP contribution in [0.1, 0.15) is 36.1 Å². The summed E-state index contributed by atoms with van der Waals surface area (Å²) >= 11 is 0. The molecule has 1 fully saturated rings. The molecule has 0 radical (unpaired) electrons. The number of hydrogen-bond donors (Lipinski definition) is 0. The van der Waals surface area contributed by atoms with Gasteiger partial charge in [-0.2, -0.15) is 5.10 Å². The van der Waals surface area contributed by atoms with Gasteiger partial charge in [-0.15, -0.1) is 0 Å². The van der Waals surface area contributed by atoms with E-state index in [1.807, 2.05) is 48.5 Å². The van der Waals surface area contributed by atoms with Crippen molar-refractivity contribution < 1.29 is 4.79 Å². The molecule has 7 heteroatoms. The molecule has 1 spiro atoms. The molecule has 0 aliphatic carbocycles. The normalized spacial score (nSPS) is 18.6. The number of pyridine rings is 2. The minimum atomic E-state index is -0.221. The van der Waals surface area contributed by atoms with Crippen molar-refractivity contribution >= 4 is 11.7 Å². The van der Waals surface area contributed by atoms with Gasteiger partial charge in [0.05, 0.1) is 24.2 Å². The number of aryl methyl sites for hydroxylation is 1. The molecule has 0 unspecified atom stereocenters. The van der Waals surface area contributed by atoms with Crippen LogP contribution in [0.3, 0.4) is 0 Å². The molecule has 2 aliphatic heterocycles.